The lowest BCUT2D eigenvalue weighted by atomic mass is 10.1. The van der Waals surface area contributed by atoms with Crippen molar-refractivity contribution >= 4 is 38.4 Å². The second-order valence-electron chi connectivity index (χ2n) is 8.18. The Labute approximate surface area is 193 Å². The molecule has 0 bridgehead atoms. The van der Waals surface area contributed by atoms with Gasteiger partial charge in [0.15, 0.2) is 11.6 Å². The lowest BCUT2D eigenvalue weighted by molar-refractivity contribution is 0.0987. The number of aromatic nitrogens is 5. The molecule has 0 spiro atoms. The summed E-state index contributed by atoms with van der Waals surface area (Å²) in [6.45, 7) is 6.03. The minimum absolute atomic E-state index is 0.189. The van der Waals surface area contributed by atoms with E-state index in [0.29, 0.717) is 24.7 Å². The molecular formula is C24H21FN6OS. The summed E-state index contributed by atoms with van der Waals surface area (Å²) >= 11 is 1.61. The molecule has 166 valence electrons. The van der Waals surface area contributed by atoms with E-state index in [-0.39, 0.29) is 6.04 Å². The zero-order valence-corrected chi connectivity index (χ0v) is 19.0. The number of rotatable bonds is 3. The van der Waals surface area contributed by atoms with Gasteiger partial charge in [-0.05, 0) is 38.1 Å². The Morgan fingerprint density at radius 1 is 1.12 bits per heavy atom. The number of nitrogens with one attached hydrogen (secondary N) is 1. The van der Waals surface area contributed by atoms with Crippen molar-refractivity contribution in [1.82, 2.24) is 24.9 Å². The SMILES string of the molecule is Cc1nc(F)ccc1-c1csc2c(N3CCOC[C@H]3C)nc(-c3ccnc4[nH]ccc34)nc12. The number of pyridine rings is 2. The number of ether oxygens (including phenoxy) is 1. The molecule has 1 aliphatic rings. The summed E-state index contributed by atoms with van der Waals surface area (Å²) in [5.41, 5.74) is 4.99. The molecule has 0 radical (unpaired) electrons. The molecule has 0 aliphatic carbocycles. The lowest BCUT2D eigenvalue weighted by Crippen LogP contribution is -2.44. The van der Waals surface area contributed by atoms with Crippen LogP contribution in [0.2, 0.25) is 0 Å². The van der Waals surface area contributed by atoms with Crippen LogP contribution in [0, 0.1) is 12.9 Å². The highest BCUT2D eigenvalue weighted by Crippen LogP contribution is 2.40. The molecule has 0 aromatic carbocycles. The number of anilines is 1. The van der Waals surface area contributed by atoms with E-state index in [4.69, 9.17) is 14.7 Å². The maximum atomic E-state index is 13.7. The number of hydrogen-bond donors (Lipinski definition) is 1. The number of aryl methyl sites for hydroxylation is 1. The molecule has 5 aromatic rings. The second-order valence-corrected chi connectivity index (χ2v) is 9.06. The van der Waals surface area contributed by atoms with Crippen molar-refractivity contribution in [1.29, 1.82) is 0 Å². The Kier molecular flexibility index (Phi) is 4.81. The van der Waals surface area contributed by atoms with Gasteiger partial charge in [-0.1, -0.05) is 0 Å². The molecule has 6 rings (SSSR count). The van der Waals surface area contributed by atoms with Crippen LogP contribution in [-0.2, 0) is 4.74 Å². The van der Waals surface area contributed by atoms with Gasteiger partial charge in [0.25, 0.3) is 0 Å². The highest BCUT2D eigenvalue weighted by molar-refractivity contribution is 7.18. The van der Waals surface area contributed by atoms with Gasteiger partial charge in [-0.15, -0.1) is 11.3 Å². The summed E-state index contributed by atoms with van der Waals surface area (Å²) < 4.78 is 20.4. The van der Waals surface area contributed by atoms with Crippen molar-refractivity contribution < 1.29 is 9.13 Å². The summed E-state index contributed by atoms with van der Waals surface area (Å²) in [6.07, 6.45) is 3.63. The summed E-state index contributed by atoms with van der Waals surface area (Å²) in [6, 6.07) is 7.29. The van der Waals surface area contributed by atoms with E-state index in [1.54, 1.807) is 23.6 Å². The number of nitrogens with zero attached hydrogens (tertiary/aromatic N) is 5. The van der Waals surface area contributed by atoms with Gasteiger partial charge in [0.2, 0.25) is 5.95 Å². The summed E-state index contributed by atoms with van der Waals surface area (Å²) in [5, 5.41) is 3.03. The summed E-state index contributed by atoms with van der Waals surface area (Å²) in [5.74, 6) is 1.05. The minimum Gasteiger partial charge on any atom is -0.377 e. The molecule has 0 unspecified atom stereocenters. The van der Waals surface area contributed by atoms with E-state index in [1.807, 2.05) is 25.3 Å². The first-order valence-corrected chi connectivity index (χ1v) is 11.7. The standard InChI is InChI=1S/C24H21FN6OS/c1-13-11-32-10-9-31(13)24-21-20(18(12-33-21)15-3-4-19(25)28-14(15)2)29-23(30-24)17-6-8-27-22-16(17)5-7-26-22/h3-8,12-13H,9-11H2,1-2H3,(H,26,27)/t13-/m1/s1. The fourth-order valence-corrected chi connectivity index (χ4v) is 5.43. The molecule has 1 atom stereocenters. The topological polar surface area (TPSA) is 79.8 Å². The van der Waals surface area contributed by atoms with E-state index < -0.39 is 5.95 Å². The third-order valence-electron chi connectivity index (χ3n) is 6.08. The van der Waals surface area contributed by atoms with Gasteiger partial charge in [-0.3, -0.25) is 0 Å². The van der Waals surface area contributed by atoms with E-state index in [9.17, 15) is 4.39 Å². The van der Waals surface area contributed by atoms with Gasteiger partial charge in [0.1, 0.15) is 5.65 Å². The highest BCUT2D eigenvalue weighted by Gasteiger charge is 2.26. The van der Waals surface area contributed by atoms with Crippen LogP contribution >= 0.6 is 11.3 Å². The van der Waals surface area contributed by atoms with Crippen LogP contribution in [0.3, 0.4) is 0 Å². The van der Waals surface area contributed by atoms with Crippen molar-refractivity contribution in [3.05, 3.63) is 53.7 Å². The number of halogens is 1. The number of hydrogen-bond acceptors (Lipinski definition) is 7. The number of fused-ring (bicyclic) bond motifs is 2. The summed E-state index contributed by atoms with van der Waals surface area (Å²) in [4.78, 5) is 24.0. The molecule has 1 saturated heterocycles. The van der Waals surface area contributed by atoms with Gasteiger partial charge in [-0.25, -0.2) is 19.9 Å². The van der Waals surface area contributed by atoms with Gasteiger partial charge < -0.3 is 14.6 Å². The van der Waals surface area contributed by atoms with Crippen LogP contribution in [0.15, 0.2) is 42.0 Å². The fourth-order valence-electron chi connectivity index (χ4n) is 4.42. The predicted octanol–water partition coefficient (Wildman–Crippen LogP) is 4.97. The quantitative estimate of drug-likeness (QED) is 0.383. The fraction of sp³-hybridized carbons (Fsp3) is 0.250. The van der Waals surface area contributed by atoms with Gasteiger partial charge in [0.05, 0.1) is 29.5 Å². The molecule has 33 heavy (non-hydrogen) atoms. The molecule has 0 amide bonds. The van der Waals surface area contributed by atoms with Crippen LogP contribution in [-0.4, -0.2) is 50.7 Å². The van der Waals surface area contributed by atoms with Crippen LogP contribution in [0.1, 0.15) is 12.6 Å². The van der Waals surface area contributed by atoms with E-state index in [1.165, 1.54) is 6.07 Å². The molecule has 9 heteroatoms. The normalized spacial score (nSPS) is 16.7. The molecule has 1 aliphatic heterocycles. The zero-order valence-electron chi connectivity index (χ0n) is 18.2. The van der Waals surface area contributed by atoms with Crippen LogP contribution in [0.5, 0.6) is 0 Å². The Morgan fingerprint density at radius 3 is 2.88 bits per heavy atom. The van der Waals surface area contributed by atoms with Crippen LogP contribution < -0.4 is 4.90 Å². The maximum absolute atomic E-state index is 13.7. The molecule has 1 N–H and O–H groups in total. The van der Waals surface area contributed by atoms with E-state index >= 15 is 0 Å². The first-order chi connectivity index (χ1) is 16.1. The Morgan fingerprint density at radius 2 is 2.03 bits per heavy atom. The Balaban J connectivity index is 1.63. The van der Waals surface area contributed by atoms with Crippen molar-refractivity contribution in [2.24, 2.45) is 0 Å². The molecule has 6 heterocycles. The van der Waals surface area contributed by atoms with E-state index in [2.05, 4.69) is 32.2 Å². The Hall–Kier alpha value is -3.43. The lowest BCUT2D eigenvalue weighted by Gasteiger charge is -2.34. The minimum atomic E-state index is -0.486. The third kappa shape index (κ3) is 3.35. The largest absolute Gasteiger partial charge is 0.377 e. The van der Waals surface area contributed by atoms with Gasteiger partial charge >= 0.3 is 0 Å². The van der Waals surface area contributed by atoms with Gasteiger partial charge in [-0.2, -0.15) is 4.39 Å². The number of H-pyrrole nitrogens is 1. The maximum Gasteiger partial charge on any atom is 0.213 e. The molecule has 1 fully saturated rings. The monoisotopic (exact) mass is 460 g/mol. The number of aromatic amines is 1. The number of morpholine rings is 1. The Bertz CT molecular complexity index is 1500. The average Bonchev–Trinajstić information content (AvgIpc) is 3.46. The van der Waals surface area contributed by atoms with Crippen molar-refractivity contribution in [3.63, 3.8) is 0 Å². The third-order valence-corrected chi connectivity index (χ3v) is 7.05. The van der Waals surface area contributed by atoms with Crippen LogP contribution in [0.25, 0.3) is 43.8 Å². The molecule has 7 nitrogen and oxygen atoms in total. The molecule has 0 saturated carbocycles. The summed E-state index contributed by atoms with van der Waals surface area (Å²) in [7, 11) is 0. The molecule has 5 aromatic heterocycles. The van der Waals surface area contributed by atoms with Crippen LogP contribution in [0.4, 0.5) is 10.2 Å². The van der Waals surface area contributed by atoms with Crippen molar-refractivity contribution in [2.75, 3.05) is 24.7 Å². The van der Waals surface area contributed by atoms with Crippen molar-refractivity contribution in [3.8, 4) is 22.5 Å². The average molecular weight is 461 g/mol. The first-order valence-electron chi connectivity index (χ1n) is 10.8. The second kappa shape index (κ2) is 7.86. The number of thiophene rings is 1. The molecular weight excluding hydrogens is 439 g/mol. The van der Waals surface area contributed by atoms with Crippen molar-refractivity contribution in [2.45, 2.75) is 19.9 Å². The van der Waals surface area contributed by atoms with Gasteiger partial charge in [0, 0.05) is 52.1 Å². The first kappa shape index (κ1) is 20.2. The highest BCUT2D eigenvalue weighted by atomic mass is 32.1. The van der Waals surface area contributed by atoms with E-state index in [0.717, 1.165) is 50.3 Å². The smallest absolute Gasteiger partial charge is 0.213 e. The predicted molar refractivity (Wildman–Crippen MR) is 128 cm³/mol. The zero-order chi connectivity index (χ0) is 22.5.